The Bertz CT molecular complexity index is 1220. The number of carbonyl (C=O) groups is 1. The molecule has 0 aliphatic carbocycles. The van der Waals surface area contributed by atoms with Crippen LogP contribution in [0.4, 0.5) is 11.4 Å². The average Bonchev–Trinajstić information content (AvgIpc) is 2.74. The highest BCUT2D eigenvalue weighted by molar-refractivity contribution is 7.92. The lowest BCUT2D eigenvalue weighted by Gasteiger charge is -2.35. The second-order valence-electron chi connectivity index (χ2n) is 7.77. The molecule has 0 aromatic heterocycles. The Balaban J connectivity index is 1.53. The molecule has 0 bridgehead atoms. The lowest BCUT2D eigenvalue weighted by molar-refractivity contribution is -0.113. The minimum Gasteiger partial charge on any atom is -0.367 e. The molecule has 3 aromatic rings. The summed E-state index contributed by atoms with van der Waals surface area (Å²) in [5, 5.41) is 5.00. The van der Waals surface area contributed by atoms with Crippen LogP contribution in [0.1, 0.15) is 0 Å². The summed E-state index contributed by atoms with van der Waals surface area (Å²) in [6.45, 7) is 3.45. The molecular weight excluding hydrogens is 434 g/mol. The molecule has 1 fully saturated rings. The molecule has 1 aliphatic heterocycles. The molecule has 0 radical (unpaired) electrons. The van der Waals surface area contributed by atoms with E-state index in [2.05, 4.69) is 22.2 Å². The second kappa shape index (κ2) is 8.86. The molecule has 0 spiro atoms. The van der Waals surface area contributed by atoms with Crippen molar-refractivity contribution in [2.75, 3.05) is 49.2 Å². The summed E-state index contributed by atoms with van der Waals surface area (Å²) in [5.74, 6) is -1.23. The van der Waals surface area contributed by atoms with Gasteiger partial charge in [0.2, 0.25) is 5.91 Å². The van der Waals surface area contributed by atoms with E-state index in [0.717, 1.165) is 42.6 Å². The van der Waals surface area contributed by atoms with Crippen LogP contribution in [-0.2, 0) is 14.6 Å². The number of nitrogens with one attached hydrogen (secondary N) is 1. The number of hydrogen-bond donors (Lipinski definition) is 1. The predicted molar refractivity (Wildman–Crippen MR) is 126 cm³/mol. The number of fused-ring (bicyclic) bond motifs is 1. The van der Waals surface area contributed by atoms with Gasteiger partial charge in [-0.1, -0.05) is 41.9 Å². The lowest BCUT2D eigenvalue weighted by atomic mass is 10.1. The number of hydrogen-bond acceptors (Lipinski definition) is 5. The van der Waals surface area contributed by atoms with Crippen LogP contribution in [0.2, 0.25) is 5.02 Å². The number of anilines is 2. The molecule has 8 heteroatoms. The molecule has 0 unspecified atom stereocenters. The minimum absolute atomic E-state index is 0.131. The van der Waals surface area contributed by atoms with Crippen LogP contribution in [0.15, 0.2) is 65.6 Å². The summed E-state index contributed by atoms with van der Waals surface area (Å²) < 4.78 is 25.7. The molecule has 1 amide bonds. The van der Waals surface area contributed by atoms with Crippen molar-refractivity contribution < 1.29 is 13.2 Å². The summed E-state index contributed by atoms with van der Waals surface area (Å²) >= 11 is 6.15. The van der Waals surface area contributed by atoms with Crippen LogP contribution in [0.5, 0.6) is 0 Å². The maximum absolute atomic E-state index is 12.9. The molecule has 6 nitrogen and oxygen atoms in total. The van der Waals surface area contributed by atoms with Crippen LogP contribution in [-0.4, -0.2) is 58.2 Å². The first-order chi connectivity index (χ1) is 14.8. The molecule has 1 N–H and O–H groups in total. The van der Waals surface area contributed by atoms with Gasteiger partial charge in [-0.05, 0) is 48.2 Å². The fraction of sp³-hybridized carbons (Fsp3) is 0.261. The Morgan fingerprint density at radius 3 is 2.42 bits per heavy atom. The highest BCUT2D eigenvalue weighted by Crippen LogP contribution is 2.30. The number of amides is 1. The van der Waals surface area contributed by atoms with Gasteiger partial charge < -0.3 is 15.1 Å². The summed E-state index contributed by atoms with van der Waals surface area (Å²) in [6.07, 6.45) is 0. The van der Waals surface area contributed by atoms with Crippen LogP contribution in [0.25, 0.3) is 10.8 Å². The molecule has 1 saturated heterocycles. The summed E-state index contributed by atoms with van der Waals surface area (Å²) in [5.41, 5.74) is 1.37. The first kappa shape index (κ1) is 21.6. The van der Waals surface area contributed by atoms with Crippen LogP contribution < -0.4 is 10.2 Å². The van der Waals surface area contributed by atoms with E-state index in [1.807, 2.05) is 30.3 Å². The third kappa shape index (κ3) is 5.01. The Hall–Kier alpha value is -2.61. The zero-order chi connectivity index (χ0) is 22.0. The number of rotatable bonds is 5. The van der Waals surface area contributed by atoms with Gasteiger partial charge in [0.1, 0.15) is 5.75 Å². The van der Waals surface area contributed by atoms with Gasteiger partial charge in [-0.3, -0.25) is 4.79 Å². The highest BCUT2D eigenvalue weighted by atomic mass is 35.5. The zero-order valence-corrected chi connectivity index (χ0v) is 18.8. The largest absolute Gasteiger partial charge is 0.367 e. The predicted octanol–water partition coefficient (Wildman–Crippen LogP) is 3.66. The maximum atomic E-state index is 12.9. The summed E-state index contributed by atoms with van der Waals surface area (Å²) in [6, 6.07) is 17.7. The SMILES string of the molecule is CN1CCN(c2ccc(Cl)cc2NC(=O)CS(=O)(=O)c2ccc3ccccc3c2)CC1. The molecule has 0 atom stereocenters. The van der Waals surface area contributed by atoms with E-state index in [1.165, 1.54) is 0 Å². The van der Waals surface area contributed by atoms with Crippen molar-refractivity contribution in [3.8, 4) is 0 Å². The fourth-order valence-corrected chi connectivity index (χ4v) is 5.07. The number of likely N-dealkylation sites (N-methyl/N-ethyl adjacent to an activating group) is 1. The standard InChI is InChI=1S/C23H24ClN3O3S/c1-26-10-12-27(13-11-26)22-9-7-19(24)15-21(22)25-23(28)16-31(29,30)20-8-6-17-4-2-3-5-18(17)14-20/h2-9,14-15H,10-13,16H2,1H3,(H,25,28). The third-order valence-corrected chi connectivity index (χ3v) is 7.33. The van der Waals surface area contributed by atoms with E-state index in [9.17, 15) is 13.2 Å². The van der Waals surface area contributed by atoms with Gasteiger partial charge in [-0.15, -0.1) is 0 Å². The summed E-state index contributed by atoms with van der Waals surface area (Å²) in [4.78, 5) is 17.2. The van der Waals surface area contributed by atoms with Gasteiger partial charge in [-0.2, -0.15) is 0 Å². The van der Waals surface area contributed by atoms with Crippen molar-refractivity contribution in [2.45, 2.75) is 4.90 Å². The van der Waals surface area contributed by atoms with Gasteiger partial charge in [0, 0.05) is 31.2 Å². The lowest BCUT2D eigenvalue weighted by Crippen LogP contribution is -2.44. The van der Waals surface area contributed by atoms with Crippen LogP contribution in [0, 0.1) is 0 Å². The zero-order valence-electron chi connectivity index (χ0n) is 17.2. The number of carbonyl (C=O) groups excluding carboxylic acids is 1. The van der Waals surface area contributed by atoms with Gasteiger partial charge in [-0.25, -0.2) is 8.42 Å². The van der Waals surface area contributed by atoms with Gasteiger partial charge >= 0.3 is 0 Å². The number of halogens is 1. The van der Waals surface area contributed by atoms with Crippen molar-refractivity contribution in [3.63, 3.8) is 0 Å². The van der Waals surface area contributed by atoms with Crippen molar-refractivity contribution >= 4 is 49.5 Å². The first-order valence-corrected chi connectivity index (χ1v) is 12.1. The highest BCUT2D eigenvalue weighted by Gasteiger charge is 2.22. The van der Waals surface area contributed by atoms with Crippen LogP contribution >= 0.6 is 11.6 Å². The molecule has 4 rings (SSSR count). The monoisotopic (exact) mass is 457 g/mol. The third-order valence-electron chi connectivity index (χ3n) is 5.48. The Labute approximate surface area is 187 Å². The van der Waals surface area contributed by atoms with Crippen molar-refractivity contribution in [3.05, 3.63) is 65.7 Å². The van der Waals surface area contributed by atoms with E-state index in [0.29, 0.717) is 10.7 Å². The molecule has 1 heterocycles. The average molecular weight is 458 g/mol. The van der Waals surface area contributed by atoms with Crippen molar-refractivity contribution in [1.29, 1.82) is 0 Å². The second-order valence-corrected chi connectivity index (χ2v) is 10.2. The van der Waals surface area contributed by atoms with Crippen molar-refractivity contribution in [2.24, 2.45) is 0 Å². The summed E-state index contributed by atoms with van der Waals surface area (Å²) in [7, 11) is -1.72. The van der Waals surface area contributed by atoms with Crippen molar-refractivity contribution in [1.82, 2.24) is 4.90 Å². The van der Waals surface area contributed by atoms with E-state index in [4.69, 9.17) is 11.6 Å². The normalized spacial score (nSPS) is 15.2. The molecule has 1 aliphatic rings. The smallest absolute Gasteiger partial charge is 0.240 e. The molecule has 162 valence electrons. The molecule has 3 aromatic carbocycles. The van der Waals surface area contributed by atoms with Crippen LogP contribution in [0.3, 0.4) is 0 Å². The number of piperazine rings is 1. The van der Waals surface area contributed by atoms with E-state index in [1.54, 1.807) is 30.3 Å². The Morgan fingerprint density at radius 2 is 1.68 bits per heavy atom. The van der Waals surface area contributed by atoms with Gasteiger partial charge in [0.05, 0.1) is 16.3 Å². The van der Waals surface area contributed by atoms with E-state index >= 15 is 0 Å². The maximum Gasteiger partial charge on any atom is 0.240 e. The van der Waals surface area contributed by atoms with E-state index in [-0.39, 0.29) is 4.90 Å². The van der Waals surface area contributed by atoms with E-state index < -0.39 is 21.5 Å². The van der Waals surface area contributed by atoms with Gasteiger partial charge in [0.25, 0.3) is 0 Å². The van der Waals surface area contributed by atoms with Gasteiger partial charge in [0.15, 0.2) is 9.84 Å². The molecule has 0 saturated carbocycles. The number of nitrogens with zero attached hydrogens (tertiary/aromatic N) is 2. The minimum atomic E-state index is -3.79. The Kier molecular flexibility index (Phi) is 6.18. The Morgan fingerprint density at radius 1 is 0.968 bits per heavy atom. The number of sulfone groups is 1. The quantitative estimate of drug-likeness (QED) is 0.633. The first-order valence-electron chi connectivity index (χ1n) is 10.1. The molecule has 31 heavy (non-hydrogen) atoms. The molecular formula is C23H24ClN3O3S. The topological polar surface area (TPSA) is 69.7 Å². The fourth-order valence-electron chi connectivity index (χ4n) is 3.73. The number of benzene rings is 3.